The fraction of sp³-hybridized carbons (Fsp3) is 0.886. The van der Waals surface area contributed by atoms with E-state index in [4.69, 9.17) is 0 Å². The number of amides is 1. The van der Waals surface area contributed by atoms with Gasteiger partial charge in [-0.2, -0.15) is 0 Å². The molecular formula is C44H85NO3. The maximum Gasteiger partial charge on any atom is 0.220 e. The van der Waals surface area contributed by atoms with Gasteiger partial charge in [0, 0.05) is 6.42 Å². The zero-order valence-electron chi connectivity index (χ0n) is 32.5. The van der Waals surface area contributed by atoms with E-state index in [0.717, 1.165) is 25.7 Å². The fourth-order valence-electron chi connectivity index (χ4n) is 6.58. The third kappa shape index (κ3) is 36.2. The molecule has 2 unspecified atom stereocenters. The number of aliphatic hydroxyl groups is 2. The van der Waals surface area contributed by atoms with Crippen molar-refractivity contribution < 1.29 is 15.0 Å². The van der Waals surface area contributed by atoms with Crippen LogP contribution < -0.4 is 5.32 Å². The topological polar surface area (TPSA) is 69.6 Å². The standard InChI is InChI=1S/C44H85NO3/c1-3-5-7-9-11-13-15-17-19-21-22-24-26-28-30-32-34-36-38-40-44(48)45-42(41-46)43(47)39-37-35-33-31-29-27-25-23-20-18-16-14-12-10-8-6-4-2/h21-22,37,39,42-43,46-47H,3-20,23-36,38,40-41H2,1-2H3,(H,45,48)/b22-21-,39-37+. The summed E-state index contributed by atoms with van der Waals surface area (Å²) < 4.78 is 0. The number of carbonyl (C=O) groups is 1. The lowest BCUT2D eigenvalue weighted by molar-refractivity contribution is -0.123. The van der Waals surface area contributed by atoms with Gasteiger partial charge in [-0.1, -0.05) is 205 Å². The molecule has 4 heteroatoms. The molecule has 0 aliphatic heterocycles. The molecule has 284 valence electrons. The van der Waals surface area contributed by atoms with E-state index < -0.39 is 12.1 Å². The number of carbonyl (C=O) groups excluding carboxylic acids is 1. The first-order valence-electron chi connectivity index (χ1n) is 21.6. The van der Waals surface area contributed by atoms with Crippen molar-refractivity contribution in [3.8, 4) is 0 Å². The Morgan fingerprint density at radius 3 is 1.15 bits per heavy atom. The van der Waals surface area contributed by atoms with Gasteiger partial charge in [-0.3, -0.25) is 4.79 Å². The first-order valence-corrected chi connectivity index (χ1v) is 21.6. The molecule has 0 heterocycles. The summed E-state index contributed by atoms with van der Waals surface area (Å²) in [6.45, 7) is 4.32. The quantitative estimate of drug-likeness (QED) is 0.0448. The zero-order chi connectivity index (χ0) is 35.0. The number of allylic oxidation sites excluding steroid dienone is 3. The number of hydrogen-bond acceptors (Lipinski definition) is 3. The minimum atomic E-state index is -0.838. The molecule has 0 radical (unpaired) electrons. The van der Waals surface area contributed by atoms with Gasteiger partial charge in [0.1, 0.15) is 0 Å². The van der Waals surface area contributed by atoms with Crippen LogP contribution in [0.5, 0.6) is 0 Å². The average molecular weight is 676 g/mol. The zero-order valence-corrected chi connectivity index (χ0v) is 32.5. The summed E-state index contributed by atoms with van der Waals surface area (Å²) in [5.41, 5.74) is 0. The molecule has 2 atom stereocenters. The van der Waals surface area contributed by atoms with Gasteiger partial charge in [-0.05, 0) is 44.9 Å². The van der Waals surface area contributed by atoms with Gasteiger partial charge in [-0.25, -0.2) is 0 Å². The molecule has 0 aromatic heterocycles. The lowest BCUT2D eigenvalue weighted by atomic mass is 10.0. The Hall–Kier alpha value is -1.13. The van der Waals surface area contributed by atoms with Crippen LogP contribution in [0.1, 0.15) is 232 Å². The Bertz CT molecular complexity index is 691. The molecule has 0 fully saturated rings. The maximum absolute atomic E-state index is 12.4. The lowest BCUT2D eigenvalue weighted by Gasteiger charge is -2.20. The lowest BCUT2D eigenvalue weighted by Crippen LogP contribution is -2.45. The van der Waals surface area contributed by atoms with Crippen molar-refractivity contribution >= 4 is 5.91 Å². The SMILES string of the molecule is CCCCCCCCCC/C=C\CCCCCCCCCC(=O)NC(CO)C(O)/C=C/CCCCCCCCCCCCCCCCC. The molecule has 0 bridgehead atoms. The van der Waals surface area contributed by atoms with Crippen molar-refractivity contribution in [1.29, 1.82) is 0 Å². The highest BCUT2D eigenvalue weighted by Crippen LogP contribution is 2.15. The van der Waals surface area contributed by atoms with E-state index in [-0.39, 0.29) is 12.5 Å². The summed E-state index contributed by atoms with van der Waals surface area (Å²) in [5, 5.41) is 23.0. The Balaban J connectivity index is 3.57. The van der Waals surface area contributed by atoms with Crippen molar-refractivity contribution in [3.05, 3.63) is 24.3 Å². The van der Waals surface area contributed by atoms with Gasteiger partial charge in [0.05, 0.1) is 18.8 Å². The number of hydrogen-bond donors (Lipinski definition) is 3. The summed E-state index contributed by atoms with van der Waals surface area (Å²) in [6, 6.07) is -0.621. The monoisotopic (exact) mass is 676 g/mol. The van der Waals surface area contributed by atoms with Crippen molar-refractivity contribution in [2.45, 2.75) is 244 Å². The second kappa shape index (κ2) is 40.3. The minimum absolute atomic E-state index is 0.0670. The summed E-state index contributed by atoms with van der Waals surface area (Å²) in [5.74, 6) is -0.0670. The van der Waals surface area contributed by atoms with E-state index in [1.54, 1.807) is 6.08 Å². The van der Waals surface area contributed by atoms with Crippen LogP contribution in [0.25, 0.3) is 0 Å². The number of rotatable bonds is 39. The van der Waals surface area contributed by atoms with Gasteiger partial charge >= 0.3 is 0 Å². The highest BCUT2D eigenvalue weighted by atomic mass is 16.3. The molecular weight excluding hydrogens is 590 g/mol. The Morgan fingerprint density at radius 1 is 0.479 bits per heavy atom. The molecule has 0 aliphatic carbocycles. The average Bonchev–Trinajstić information content (AvgIpc) is 3.09. The van der Waals surface area contributed by atoms with Crippen LogP contribution in [0.15, 0.2) is 24.3 Å². The minimum Gasteiger partial charge on any atom is -0.394 e. The van der Waals surface area contributed by atoms with Crippen LogP contribution in [0.2, 0.25) is 0 Å². The smallest absolute Gasteiger partial charge is 0.220 e. The molecule has 48 heavy (non-hydrogen) atoms. The third-order valence-corrected chi connectivity index (χ3v) is 9.93. The first kappa shape index (κ1) is 46.9. The summed E-state index contributed by atoms with van der Waals surface area (Å²) in [4.78, 5) is 12.4. The van der Waals surface area contributed by atoms with Crippen LogP contribution in [-0.4, -0.2) is 34.9 Å². The van der Waals surface area contributed by atoms with Gasteiger partial charge in [0.2, 0.25) is 5.91 Å². The van der Waals surface area contributed by atoms with Crippen LogP contribution >= 0.6 is 0 Å². The molecule has 0 saturated carbocycles. The van der Waals surface area contributed by atoms with Crippen molar-refractivity contribution in [2.75, 3.05) is 6.61 Å². The van der Waals surface area contributed by atoms with E-state index in [1.807, 2.05) is 6.08 Å². The van der Waals surface area contributed by atoms with E-state index in [2.05, 4.69) is 31.3 Å². The largest absolute Gasteiger partial charge is 0.394 e. The van der Waals surface area contributed by atoms with Crippen LogP contribution in [0.4, 0.5) is 0 Å². The molecule has 0 spiro atoms. The van der Waals surface area contributed by atoms with Crippen molar-refractivity contribution in [3.63, 3.8) is 0 Å². The van der Waals surface area contributed by atoms with Gasteiger partial charge in [0.25, 0.3) is 0 Å². The van der Waals surface area contributed by atoms with Gasteiger partial charge in [-0.15, -0.1) is 0 Å². The van der Waals surface area contributed by atoms with Crippen LogP contribution in [-0.2, 0) is 4.79 Å². The normalized spacial score (nSPS) is 13.2. The molecule has 0 saturated heterocycles. The Kier molecular flexibility index (Phi) is 39.4. The van der Waals surface area contributed by atoms with E-state index in [0.29, 0.717) is 6.42 Å². The summed E-state index contributed by atoms with van der Waals surface area (Å²) in [6.07, 6.45) is 51.3. The van der Waals surface area contributed by atoms with Gasteiger partial charge in [0.15, 0.2) is 0 Å². The first-order chi connectivity index (χ1) is 23.7. The molecule has 4 nitrogen and oxygen atoms in total. The molecule has 3 N–H and O–H groups in total. The summed E-state index contributed by atoms with van der Waals surface area (Å²) in [7, 11) is 0. The molecule has 0 aliphatic rings. The van der Waals surface area contributed by atoms with Crippen LogP contribution in [0.3, 0.4) is 0 Å². The predicted octanol–water partition coefficient (Wildman–Crippen LogP) is 13.2. The van der Waals surface area contributed by atoms with Crippen molar-refractivity contribution in [2.24, 2.45) is 0 Å². The fourth-order valence-corrected chi connectivity index (χ4v) is 6.58. The predicted molar refractivity (Wildman–Crippen MR) is 212 cm³/mol. The number of aliphatic hydroxyl groups excluding tert-OH is 2. The van der Waals surface area contributed by atoms with Crippen molar-refractivity contribution in [1.82, 2.24) is 5.32 Å². The highest BCUT2D eigenvalue weighted by Gasteiger charge is 2.17. The van der Waals surface area contributed by atoms with E-state index in [1.165, 1.54) is 186 Å². The van der Waals surface area contributed by atoms with E-state index >= 15 is 0 Å². The Morgan fingerprint density at radius 2 is 0.792 bits per heavy atom. The van der Waals surface area contributed by atoms with Crippen LogP contribution in [0, 0.1) is 0 Å². The molecule has 1 amide bonds. The van der Waals surface area contributed by atoms with E-state index in [9.17, 15) is 15.0 Å². The molecule has 0 aromatic rings. The second-order valence-electron chi connectivity index (χ2n) is 14.8. The number of unbranched alkanes of at least 4 members (excludes halogenated alkanes) is 30. The maximum atomic E-state index is 12.4. The third-order valence-electron chi connectivity index (χ3n) is 9.93. The highest BCUT2D eigenvalue weighted by molar-refractivity contribution is 5.76. The second-order valence-corrected chi connectivity index (χ2v) is 14.8. The van der Waals surface area contributed by atoms with Gasteiger partial charge < -0.3 is 15.5 Å². The molecule has 0 aromatic carbocycles. The Labute approximate surface area is 300 Å². The molecule has 0 rings (SSSR count). The summed E-state index contributed by atoms with van der Waals surface area (Å²) >= 11 is 0. The number of nitrogens with one attached hydrogen (secondary N) is 1.